The van der Waals surface area contributed by atoms with Crippen LogP contribution < -0.4 is 5.32 Å². The summed E-state index contributed by atoms with van der Waals surface area (Å²) in [6.07, 6.45) is 0.713. The molecule has 1 atom stereocenters. The van der Waals surface area contributed by atoms with Gasteiger partial charge in [0.15, 0.2) is 0 Å². The second-order valence-electron chi connectivity index (χ2n) is 4.11. The molecule has 0 spiro atoms. The van der Waals surface area contributed by atoms with Crippen molar-refractivity contribution in [2.45, 2.75) is 20.4 Å². The molecule has 0 bridgehead atoms. The fraction of sp³-hybridized carbons (Fsp3) is 0.385. The minimum atomic E-state index is -0.552. The van der Waals surface area contributed by atoms with Gasteiger partial charge in [-0.25, -0.2) is 0 Å². The monoisotopic (exact) mass is 219 g/mol. The molecule has 0 aliphatic rings. The zero-order chi connectivity index (χ0) is 12.0. The third kappa shape index (κ3) is 3.50. The highest BCUT2D eigenvalue weighted by Crippen LogP contribution is 2.08. The number of carbonyl (C=O) groups is 2. The van der Waals surface area contributed by atoms with Gasteiger partial charge in [0.25, 0.3) is 0 Å². The molecule has 1 aromatic rings. The van der Waals surface area contributed by atoms with Crippen molar-refractivity contribution in [1.29, 1.82) is 0 Å². The smallest absolute Gasteiger partial charge is 0.230 e. The maximum Gasteiger partial charge on any atom is 0.230 e. The van der Waals surface area contributed by atoms with Crippen molar-refractivity contribution in [3.8, 4) is 0 Å². The molecular formula is C13H17NO2. The van der Waals surface area contributed by atoms with Gasteiger partial charge in [-0.3, -0.25) is 4.79 Å². The van der Waals surface area contributed by atoms with Crippen LogP contribution in [0, 0.1) is 11.8 Å². The summed E-state index contributed by atoms with van der Waals surface area (Å²) in [4.78, 5) is 22.4. The van der Waals surface area contributed by atoms with Gasteiger partial charge in [-0.15, -0.1) is 0 Å². The molecule has 0 aliphatic carbocycles. The molecule has 1 unspecified atom stereocenters. The first-order chi connectivity index (χ1) is 7.65. The van der Waals surface area contributed by atoms with Gasteiger partial charge >= 0.3 is 0 Å². The van der Waals surface area contributed by atoms with Crippen molar-refractivity contribution >= 4 is 12.2 Å². The standard InChI is InChI=1S/C13H17NO2/c1-10(2)12(9-15)13(16)14-8-11-6-4-3-5-7-11/h3-7,9-10,12H,8H2,1-2H3,(H,14,16). The number of aldehydes is 1. The van der Waals surface area contributed by atoms with E-state index in [2.05, 4.69) is 5.32 Å². The number of hydrogen-bond donors (Lipinski definition) is 1. The van der Waals surface area contributed by atoms with Crippen molar-refractivity contribution < 1.29 is 9.59 Å². The van der Waals surface area contributed by atoms with E-state index in [1.54, 1.807) is 0 Å². The lowest BCUT2D eigenvalue weighted by atomic mass is 9.96. The van der Waals surface area contributed by atoms with Crippen LogP contribution >= 0.6 is 0 Å². The summed E-state index contributed by atoms with van der Waals surface area (Å²) in [5, 5.41) is 2.76. The molecule has 86 valence electrons. The Labute approximate surface area is 95.9 Å². The van der Waals surface area contributed by atoms with Gasteiger partial charge in [0.1, 0.15) is 6.29 Å². The van der Waals surface area contributed by atoms with Crippen molar-refractivity contribution in [3.63, 3.8) is 0 Å². The molecule has 3 nitrogen and oxygen atoms in total. The van der Waals surface area contributed by atoms with Crippen LogP contribution in [0.2, 0.25) is 0 Å². The Bertz CT molecular complexity index is 346. The Kier molecular flexibility index (Phi) is 4.70. The van der Waals surface area contributed by atoms with E-state index < -0.39 is 5.92 Å². The fourth-order valence-electron chi connectivity index (χ4n) is 1.42. The summed E-state index contributed by atoms with van der Waals surface area (Å²) in [5.41, 5.74) is 1.03. The van der Waals surface area contributed by atoms with Crippen LogP contribution in [0.5, 0.6) is 0 Å². The second-order valence-corrected chi connectivity index (χ2v) is 4.11. The lowest BCUT2D eigenvalue weighted by molar-refractivity contribution is -0.130. The van der Waals surface area contributed by atoms with Crippen LogP contribution in [0.15, 0.2) is 30.3 Å². The average Bonchev–Trinajstić information content (AvgIpc) is 2.28. The maximum absolute atomic E-state index is 11.6. The lowest BCUT2D eigenvalue weighted by Gasteiger charge is -2.14. The van der Waals surface area contributed by atoms with Gasteiger partial charge in [-0.1, -0.05) is 44.2 Å². The van der Waals surface area contributed by atoms with E-state index in [0.717, 1.165) is 5.56 Å². The van der Waals surface area contributed by atoms with Crippen LogP contribution in [0.1, 0.15) is 19.4 Å². The summed E-state index contributed by atoms with van der Waals surface area (Å²) >= 11 is 0. The molecule has 0 aromatic heterocycles. The minimum Gasteiger partial charge on any atom is -0.351 e. The SMILES string of the molecule is CC(C)C(C=O)C(=O)NCc1ccccc1. The largest absolute Gasteiger partial charge is 0.351 e. The Morgan fingerprint density at radius 1 is 1.31 bits per heavy atom. The van der Waals surface area contributed by atoms with E-state index in [-0.39, 0.29) is 11.8 Å². The Morgan fingerprint density at radius 2 is 1.94 bits per heavy atom. The van der Waals surface area contributed by atoms with Crippen molar-refractivity contribution in [2.75, 3.05) is 0 Å². The van der Waals surface area contributed by atoms with Crippen molar-refractivity contribution in [1.82, 2.24) is 5.32 Å². The molecular weight excluding hydrogens is 202 g/mol. The predicted molar refractivity (Wildman–Crippen MR) is 62.7 cm³/mol. The van der Waals surface area contributed by atoms with Gasteiger partial charge < -0.3 is 10.1 Å². The van der Waals surface area contributed by atoms with E-state index in [4.69, 9.17) is 0 Å². The van der Waals surface area contributed by atoms with E-state index in [1.165, 1.54) is 0 Å². The highest BCUT2D eigenvalue weighted by atomic mass is 16.2. The molecule has 1 aromatic carbocycles. The quantitative estimate of drug-likeness (QED) is 0.606. The highest BCUT2D eigenvalue weighted by molar-refractivity contribution is 5.91. The molecule has 1 rings (SSSR count). The van der Waals surface area contributed by atoms with E-state index in [1.807, 2.05) is 44.2 Å². The summed E-state index contributed by atoms with van der Waals surface area (Å²) in [6.45, 7) is 4.19. The third-order valence-corrected chi connectivity index (χ3v) is 2.48. The molecule has 1 N–H and O–H groups in total. The van der Waals surface area contributed by atoms with Crippen LogP contribution in [0.25, 0.3) is 0 Å². The number of carbonyl (C=O) groups excluding carboxylic acids is 2. The Balaban J connectivity index is 2.49. The first-order valence-corrected chi connectivity index (χ1v) is 5.42. The molecule has 0 aliphatic heterocycles. The summed E-state index contributed by atoms with van der Waals surface area (Å²) in [7, 11) is 0. The van der Waals surface area contributed by atoms with E-state index in [0.29, 0.717) is 12.8 Å². The predicted octanol–water partition coefficient (Wildman–Crippen LogP) is 1.77. The molecule has 0 fully saturated rings. The minimum absolute atomic E-state index is 0.0354. The average molecular weight is 219 g/mol. The van der Waals surface area contributed by atoms with Gasteiger partial charge in [-0.05, 0) is 11.5 Å². The Hall–Kier alpha value is -1.64. The topological polar surface area (TPSA) is 46.2 Å². The maximum atomic E-state index is 11.6. The number of rotatable bonds is 5. The van der Waals surface area contributed by atoms with Gasteiger partial charge in [0.05, 0.1) is 5.92 Å². The van der Waals surface area contributed by atoms with Crippen LogP contribution in [0.4, 0.5) is 0 Å². The Morgan fingerprint density at radius 3 is 2.44 bits per heavy atom. The van der Waals surface area contributed by atoms with Crippen LogP contribution in [-0.2, 0) is 16.1 Å². The van der Waals surface area contributed by atoms with Crippen LogP contribution in [-0.4, -0.2) is 12.2 Å². The highest BCUT2D eigenvalue weighted by Gasteiger charge is 2.20. The molecule has 0 heterocycles. The normalized spacial score (nSPS) is 12.2. The number of benzene rings is 1. The van der Waals surface area contributed by atoms with Crippen molar-refractivity contribution in [3.05, 3.63) is 35.9 Å². The first kappa shape index (κ1) is 12.4. The van der Waals surface area contributed by atoms with E-state index in [9.17, 15) is 9.59 Å². The molecule has 0 saturated carbocycles. The second kappa shape index (κ2) is 6.05. The molecule has 1 amide bonds. The number of hydrogen-bond acceptors (Lipinski definition) is 2. The van der Waals surface area contributed by atoms with Crippen LogP contribution in [0.3, 0.4) is 0 Å². The van der Waals surface area contributed by atoms with Gasteiger partial charge in [0.2, 0.25) is 5.91 Å². The zero-order valence-electron chi connectivity index (χ0n) is 9.64. The summed E-state index contributed by atoms with van der Waals surface area (Å²) in [5.74, 6) is -0.717. The molecule has 0 radical (unpaired) electrons. The summed E-state index contributed by atoms with van der Waals surface area (Å²) in [6, 6.07) is 9.63. The molecule has 0 saturated heterocycles. The molecule has 3 heteroatoms. The molecule has 16 heavy (non-hydrogen) atoms. The first-order valence-electron chi connectivity index (χ1n) is 5.42. The summed E-state index contributed by atoms with van der Waals surface area (Å²) < 4.78 is 0. The number of amides is 1. The fourth-order valence-corrected chi connectivity index (χ4v) is 1.42. The van der Waals surface area contributed by atoms with Crippen molar-refractivity contribution in [2.24, 2.45) is 11.8 Å². The van der Waals surface area contributed by atoms with Gasteiger partial charge in [0, 0.05) is 6.54 Å². The van der Waals surface area contributed by atoms with Gasteiger partial charge in [-0.2, -0.15) is 0 Å². The third-order valence-electron chi connectivity index (χ3n) is 2.48. The lowest BCUT2D eigenvalue weighted by Crippen LogP contribution is -2.34. The van der Waals surface area contributed by atoms with E-state index >= 15 is 0 Å². The zero-order valence-corrected chi connectivity index (χ0v) is 9.64. The number of nitrogens with one attached hydrogen (secondary N) is 1.